The second-order valence-electron chi connectivity index (χ2n) is 7.44. The van der Waals surface area contributed by atoms with Crippen molar-refractivity contribution in [1.29, 1.82) is 0 Å². The van der Waals surface area contributed by atoms with Gasteiger partial charge in [0.05, 0.1) is 5.92 Å². The lowest BCUT2D eigenvalue weighted by Crippen LogP contribution is -2.50. The normalized spacial score (nSPS) is 17.9. The second-order valence-corrected chi connectivity index (χ2v) is 7.44. The first-order chi connectivity index (χ1) is 11.7. The average Bonchev–Trinajstić information content (AvgIpc) is 2.93. The summed E-state index contributed by atoms with van der Waals surface area (Å²) in [5.41, 5.74) is 10.2. The molecule has 3 N–H and O–H groups in total. The molecular formula is C20H31N3O2. The van der Waals surface area contributed by atoms with Gasteiger partial charge in [-0.3, -0.25) is 9.59 Å². The Morgan fingerprint density at radius 1 is 1.24 bits per heavy atom. The molecule has 1 saturated heterocycles. The number of anilines is 1. The summed E-state index contributed by atoms with van der Waals surface area (Å²) in [7, 11) is 0. The van der Waals surface area contributed by atoms with Crippen LogP contribution in [0.4, 0.5) is 5.69 Å². The number of benzene rings is 1. The lowest BCUT2D eigenvalue weighted by molar-refractivity contribution is -0.126. The first-order valence-corrected chi connectivity index (χ1v) is 9.15. The van der Waals surface area contributed by atoms with Gasteiger partial charge in [0.2, 0.25) is 11.8 Å². The van der Waals surface area contributed by atoms with E-state index in [0.29, 0.717) is 13.1 Å². The Kier molecular flexibility index (Phi) is 5.88. The number of rotatable bonds is 6. The summed E-state index contributed by atoms with van der Waals surface area (Å²) >= 11 is 0. The van der Waals surface area contributed by atoms with Crippen molar-refractivity contribution < 1.29 is 9.59 Å². The summed E-state index contributed by atoms with van der Waals surface area (Å²) in [4.78, 5) is 26.8. The highest BCUT2D eigenvalue weighted by Crippen LogP contribution is 2.31. The molecule has 2 rings (SSSR count). The van der Waals surface area contributed by atoms with Gasteiger partial charge >= 0.3 is 0 Å². The van der Waals surface area contributed by atoms with Gasteiger partial charge in [0.15, 0.2) is 0 Å². The fraction of sp³-hybridized carbons (Fsp3) is 0.600. The largest absolute Gasteiger partial charge is 0.354 e. The summed E-state index contributed by atoms with van der Waals surface area (Å²) < 4.78 is 0. The minimum Gasteiger partial charge on any atom is -0.354 e. The Bertz CT molecular complexity index is 642. The van der Waals surface area contributed by atoms with Gasteiger partial charge in [-0.1, -0.05) is 31.5 Å². The van der Waals surface area contributed by atoms with Gasteiger partial charge in [0.1, 0.15) is 0 Å². The molecule has 1 atom stereocenters. The maximum atomic E-state index is 12.5. The lowest BCUT2D eigenvalue weighted by atomic mass is 9.94. The van der Waals surface area contributed by atoms with Gasteiger partial charge in [0, 0.05) is 30.7 Å². The second kappa shape index (κ2) is 7.56. The number of nitrogens with zero attached hydrogens (tertiary/aromatic N) is 1. The molecule has 0 saturated carbocycles. The molecule has 5 heteroatoms. The summed E-state index contributed by atoms with van der Waals surface area (Å²) in [6.45, 7) is 11.0. The van der Waals surface area contributed by atoms with E-state index in [2.05, 4.69) is 17.4 Å². The Hall–Kier alpha value is -1.88. The molecule has 0 bridgehead atoms. The van der Waals surface area contributed by atoms with Crippen molar-refractivity contribution in [1.82, 2.24) is 5.32 Å². The molecule has 0 radical (unpaired) electrons. The predicted octanol–water partition coefficient (Wildman–Crippen LogP) is 2.60. The van der Waals surface area contributed by atoms with Gasteiger partial charge in [-0.15, -0.1) is 0 Å². The van der Waals surface area contributed by atoms with E-state index >= 15 is 0 Å². The molecule has 1 aliphatic heterocycles. The Morgan fingerprint density at radius 2 is 1.80 bits per heavy atom. The van der Waals surface area contributed by atoms with Crippen molar-refractivity contribution in [3.05, 3.63) is 28.8 Å². The first-order valence-electron chi connectivity index (χ1n) is 9.15. The van der Waals surface area contributed by atoms with Crippen LogP contribution in [0.2, 0.25) is 0 Å². The minimum atomic E-state index is -0.373. The fourth-order valence-electron chi connectivity index (χ4n) is 3.60. The Labute approximate surface area is 151 Å². The van der Waals surface area contributed by atoms with E-state index in [4.69, 9.17) is 5.73 Å². The van der Waals surface area contributed by atoms with E-state index in [1.807, 2.05) is 34.6 Å². The standard InChI is InChI=1S/C20H31N3O2/c1-6-20(21,7-2)12-22-19(25)16-10-17(24)23(11-16)18-14(4)8-13(3)9-15(18)5/h8-9,16H,6-7,10-12,21H2,1-5H3,(H,22,25). The smallest absolute Gasteiger partial charge is 0.227 e. The van der Waals surface area contributed by atoms with E-state index in [9.17, 15) is 9.59 Å². The van der Waals surface area contributed by atoms with E-state index < -0.39 is 0 Å². The lowest BCUT2D eigenvalue weighted by Gasteiger charge is -2.27. The van der Waals surface area contributed by atoms with Crippen molar-refractivity contribution in [3.8, 4) is 0 Å². The third-order valence-corrected chi connectivity index (χ3v) is 5.42. The molecule has 1 fully saturated rings. The van der Waals surface area contributed by atoms with Gasteiger partial charge in [-0.25, -0.2) is 0 Å². The van der Waals surface area contributed by atoms with Crippen LogP contribution < -0.4 is 16.0 Å². The molecule has 0 aliphatic carbocycles. The molecular weight excluding hydrogens is 314 g/mol. The zero-order valence-electron chi connectivity index (χ0n) is 16.1. The highest BCUT2D eigenvalue weighted by Gasteiger charge is 2.36. The van der Waals surface area contributed by atoms with E-state index in [-0.39, 0.29) is 29.7 Å². The van der Waals surface area contributed by atoms with Crippen LogP contribution in [0.1, 0.15) is 49.8 Å². The molecule has 1 unspecified atom stereocenters. The van der Waals surface area contributed by atoms with Crippen LogP contribution in [0.5, 0.6) is 0 Å². The number of hydrogen-bond acceptors (Lipinski definition) is 3. The van der Waals surface area contributed by atoms with E-state index in [0.717, 1.165) is 29.7 Å². The quantitative estimate of drug-likeness (QED) is 0.832. The molecule has 138 valence electrons. The number of aryl methyl sites for hydroxylation is 3. The number of nitrogens with one attached hydrogen (secondary N) is 1. The van der Waals surface area contributed by atoms with Crippen LogP contribution in [-0.2, 0) is 9.59 Å². The van der Waals surface area contributed by atoms with Crippen LogP contribution in [0.15, 0.2) is 12.1 Å². The van der Waals surface area contributed by atoms with Crippen LogP contribution in [-0.4, -0.2) is 30.4 Å². The van der Waals surface area contributed by atoms with Gasteiger partial charge in [0.25, 0.3) is 0 Å². The molecule has 0 aromatic heterocycles. The summed E-state index contributed by atoms with van der Waals surface area (Å²) in [5.74, 6) is -0.374. The molecule has 0 spiro atoms. The monoisotopic (exact) mass is 345 g/mol. The molecule has 1 heterocycles. The molecule has 25 heavy (non-hydrogen) atoms. The third-order valence-electron chi connectivity index (χ3n) is 5.42. The molecule has 5 nitrogen and oxygen atoms in total. The zero-order valence-corrected chi connectivity index (χ0v) is 16.1. The summed E-state index contributed by atoms with van der Waals surface area (Å²) in [6, 6.07) is 4.16. The maximum Gasteiger partial charge on any atom is 0.227 e. The number of carbonyl (C=O) groups excluding carboxylic acids is 2. The highest BCUT2D eigenvalue weighted by atomic mass is 16.2. The molecule has 1 aliphatic rings. The highest BCUT2D eigenvalue weighted by molar-refractivity contribution is 6.01. The van der Waals surface area contributed by atoms with Crippen LogP contribution in [0, 0.1) is 26.7 Å². The van der Waals surface area contributed by atoms with Gasteiger partial charge in [-0.05, 0) is 44.7 Å². The molecule has 1 aromatic carbocycles. The predicted molar refractivity (Wildman–Crippen MR) is 102 cm³/mol. The minimum absolute atomic E-state index is 0.0141. The summed E-state index contributed by atoms with van der Waals surface area (Å²) in [6.07, 6.45) is 1.87. The van der Waals surface area contributed by atoms with Crippen molar-refractivity contribution >= 4 is 17.5 Å². The number of nitrogens with two attached hydrogens (primary N) is 1. The van der Waals surface area contributed by atoms with Crippen molar-refractivity contribution in [2.75, 3.05) is 18.0 Å². The Balaban J connectivity index is 2.09. The molecule has 1 aromatic rings. The van der Waals surface area contributed by atoms with E-state index in [1.54, 1.807) is 4.90 Å². The number of hydrogen-bond donors (Lipinski definition) is 2. The van der Waals surface area contributed by atoms with Gasteiger partial charge in [-0.2, -0.15) is 0 Å². The number of carbonyl (C=O) groups is 2. The SMILES string of the molecule is CCC(N)(CC)CNC(=O)C1CC(=O)N(c2c(C)cc(C)cc2C)C1. The average molecular weight is 345 g/mol. The van der Waals surface area contributed by atoms with E-state index in [1.165, 1.54) is 5.56 Å². The van der Waals surface area contributed by atoms with Crippen LogP contribution >= 0.6 is 0 Å². The van der Waals surface area contributed by atoms with Crippen molar-refractivity contribution in [3.63, 3.8) is 0 Å². The maximum absolute atomic E-state index is 12.5. The molecule has 2 amide bonds. The first kappa shape index (κ1) is 19.4. The topological polar surface area (TPSA) is 75.4 Å². The summed E-state index contributed by atoms with van der Waals surface area (Å²) in [5, 5.41) is 2.96. The Morgan fingerprint density at radius 3 is 2.32 bits per heavy atom. The zero-order chi connectivity index (χ0) is 18.8. The van der Waals surface area contributed by atoms with Crippen LogP contribution in [0.25, 0.3) is 0 Å². The van der Waals surface area contributed by atoms with Crippen molar-refractivity contribution in [2.45, 2.75) is 59.4 Å². The van der Waals surface area contributed by atoms with Crippen molar-refractivity contribution in [2.24, 2.45) is 11.7 Å². The fourth-order valence-corrected chi connectivity index (χ4v) is 3.60. The number of amides is 2. The third kappa shape index (κ3) is 4.21. The van der Waals surface area contributed by atoms with Gasteiger partial charge < -0.3 is 16.0 Å². The van der Waals surface area contributed by atoms with Crippen LogP contribution in [0.3, 0.4) is 0 Å².